The lowest BCUT2D eigenvalue weighted by atomic mass is 10.2. The minimum absolute atomic E-state index is 0.0277. The second-order valence-electron chi connectivity index (χ2n) is 6.64. The van der Waals surface area contributed by atoms with Crippen molar-refractivity contribution < 1.29 is 13.9 Å². The summed E-state index contributed by atoms with van der Waals surface area (Å²) in [7, 11) is 1.58. The summed E-state index contributed by atoms with van der Waals surface area (Å²) in [5.41, 5.74) is 2.31. The minimum Gasteiger partial charge on any atom is -0.493 e. The first-order valence-corrected chi connectivity index (χ1v) is 9.98. The molecular formula is C23H20ClFN4O2. The van der Waals surface area contributed by atoms with Crippen LogP contribution in [0.3, 0.4) is 0 Å². The summed E-state index contributed by atoms with van der Waals surface area (Å²) in [5, 5.41) is 7.21. The van der Waals surface area contributed by atoms with E-state index in [0.717, 1.165) is 11.1 Å². The van der Waals surface area contributed by atoms with E-state index < -0.39 is 5.82 Å². The van der Waals surface area contributed by atoms with Gasteiger partial charge in [0.1, 0.15) is 24.6 Å². The van der Waals surface area contributed by atoms with Crippen molar-refractivity contribution in [2.45, 2.75) is 0 Å². The van der Waals surface area contributed by atoms with Gasteiger partial charge < -0.3 is 20.1 Å². The fourth-order valence-corrected chi connectivity index (χ4v) is 3.24. The van der Waals surface area contributed by atoms with Crippen LogP contribution in [0, 0.1) is 5.82 Å². The second kappa shape index (κ2) is 9.49. The van der Waals surface area contributed by atoms with Gasteiger partial charge in [0.15, 0.2) is 11.5 Å². The van der Waals surface area contributed by atoms with Gasteiger partial charge in [-0.15, -0.1) is 0 Å². The van der Waals surface area contributed by atoms with Crippen molar-refractivity contribution in [3.8, 4) is 11.5 Å². The van der Waals surface area contributed by atoms with Crippen molar-refractivity contribution in [1.29, 1.82) is 0 Å². The average Bonchev–Trinajstić information content (AvgIpc) is 2.79. The van der Waals surface area contributed by atoms with Gasteiger partial charge in [-0.1, -0.05) is 29.8 Å². The third kappa shape index (κ3) is 4.95. The second-order valence-corrected chi connectivity index (χ2v) is 7.04. The number of rotatable bonds is 8. The van der Waals surface area contributed by atoms with Crippen LogP contribution in [0.1, 0.15) is 0 Å². The Bertz CT molecular complexity index is 1190. The van der Waals surface area contributed by atoms with Crippen LogP contribution in [0.25, 0.3) is 10.9 Å². The van der Waals surface area contributed by atoms with Crippen molar-refractivity contribution in [3.05, 3.63) is 77.8 Å². The lowest BCUT2D eigenvalue weighted by Crippen LogP contribution is -2.12. The molecule has 1 heterocycles. The molecule has 0 aliphatic rings. The number of methoxy groups -OCH3 is 1. The molecule has 0 unspecified atom stereocenters. The van der Waals surface area contributed by atoms with Crippen molar-refractivity contribution in [2.75, 3.05) is 30.9 Å². The monoisotopic (exact) mass is 438 g/mol. The van der Waals surface area contributed by atoms with Crippen LogP contribution in [0.4, 0.5) is 21.6 Å². The Hall–Kier alpha value is -3.58. The number of nitrogens with zero attached hydrogens (tertiary/aromatic N) is 2. The molecule has 0 bridgehead atoms. The van der Waals surface area contributed by atoms with Crippen LogP contribution in [0.2, 0.25) is 5.02 Å². The van der Waals surface area contributed by atoms with Crippen molar-refractivity contribution >= 4 is 39.7 Å². The Morgan fingerprint density at radius 1 is 0.968 bits per heavy atom. The largest absolute Gasteiger partial charge is 0.493 e. The predicted octanol–water partition coefficient (Wildman–Crippen LogP) is 5.67. The zero-order valence-electron chi connectivity index (χ0n) is 16.7. The molecule has 8 heteroatoms. The van der Waals surface area contributed by atoms with E-state index in [1.165, 1.54) is 18.5 Å². The fourth-order valence-electron chi connectivity index (χ4n) is 3.06. The fraction of sp³-hybridized carbons (Fsp3) is 0.130. The van der Waals surface area contributed by atoms with Crippen LogP contribution in [0.5, 0.6) is 11.5 Å². The van der Waals surface area contributed by atoms with Gasteiger partial charge in [0, 0.05) is 29.4 Å². The molecular weight excluding hydrogens is 419 g/mol. The van der Waals surface area contributed by atoms with E-state index in [1.807, 2.05) is 36.4 Å². The number of halogens is 2. The molecule has 0 fully saturated rings. The molecule has 0 radical (unpaired) electrons. The molecule has 31 heavy (non-hydrogen) atoms. The van der Waals surface area contributed by atoms with E-state index in [-0.39, 0.29) is 5.02 Å². The molecule has 158 valence electrons. The summed E-state index contributed by atoms with van der Waals surface area (Å²) in [4.78, 5) is 8.64. The topological polar surface area (TPSA) is 68.3 Å². The molecule has 0 atom stereocenters. The van der Waals surface area contributed by atoms with Crippen molar-refractivity contribution in [3.63, 3.8) is 0 Å². The van der Waals surface area contributed by atoms with Crippen molar-refractivity contribution in [1.82, 2.24) is 9.97 Å². The quantitative estimate of drug-likeness (QED) is 0.346. The molecule has 0 saturated carbocycles. The third-order valence-corrected chi connectivity index (χ3v) is 4.86. The maximum absolute atomic E-state index is 13.5. The summed E-state index contributed by atoms with van der Waals surface area (Å²) >= 11 is 5.89. The van der Waals surface area contributed by atoms with E-state index in [2.05, 4.69) is 20.6 Å². The maximum atomic E-state index is 13.5. The zero-order chi connectivity index (χ0) is 21.6. The van der Waals surface area contributed by atoms with Gasteiger partial charge in [0.2, 0.25) is 0 Å². The highest BCUT2D eigenvalue weighted by Gasteiger charge is 2.12. The van der Waals surface area contributed by atoms with Gasteiger partial charge in [-0.3, -0.25) is 0 Å². The van der Waals surface area contributed by atoms with Gasteiger partial charge in [-0.2, -0.15) is 0 Å². The SMILES string of the molecule is COc1cc2ncnc(Nc3ccc(F)c(Cl)c3)c2cc1OCCNc1ccccc1. The highest BCUT2D eigenvalue weighted by Crippen LogP contribution is 2.35. The van der Waals surface area contributed by atoms with Gasteiger partial charge in [0.05, 0.1) is 17.6 Å². The molecule has 1 aromatic heterocycles. The molecule has 2 N–H and O–H groups in total. The van der Waals surface area contributed by atoms with Crippen LogP contribution >= 0.6 is 11.6 Å². The highest BCUT2D eigenvalue weighted by atomic mass is 35.5. The Morgan fingerprint density at radius 3 is 2.58 bits per heavy atom. The Kier molecular flexibility index (Phi) is 6.33. The van der Waals surface area contributed by atoms with Gasteiger partial charge in [-0.05, 0) is 36.4 Å². The minimum atomic E-state index is -0.482. The molecule has 0 aliphatic heterocycles. The van der Waals surface area contributed by atoms with Crippen LogP contribution in [0.15, 0.2) is 67.0 Å². The molecule has 0 saturated heterocycles. The molecule has 0 aliphatic carbocycles. The summed E-state index contributed by atoms with van der Waals surface area (Å²) in [6.07, 6.45) is 1.44. The van der Waals surface area contributed by atoms with E-state index in [1.54, 1.807) is 19.2 Å². The normalized spacial score (nSPS) is 10.7. The van der Waals surface area contributed by atoms with Gasteiger partial charge in [-0.25, -0.2) is 14.4 Å². The number of nitrogens with one attached hydrogen (secondary N) is 2. The Labute approximate surface area is 184 Å². The lowest BCUT2D eigenvalue weighted by Gasteiger charge is -2.14. The molecule has 4 rings (SSSR count). The van der Waals surface area contributed by atoms with Crippen LogP contribution < -0.4 is 20.1 Å². The Balaban J connectivity index is 1.55. The first-order valence-electron chi connectivity index (χ1n) is 9.60. The number of benzene rings is 3. The number of fused-ring (bicyclic) bond motifs is 1. The number of aromatic nitrogens is 2. The van der Waals surface area contributed by atoms with Crippen LogP contribution in [-0.4, -0.2) is 30.2 Å². The molecule has 3 aromatic carbocycles. The summed E-state index contributed by atoms with van der Waals surface area (Å²) < 4.78 is 24.9. The standard InChI is InChI=1S/C23H20ClFN4O2/c1-30-21-13-20-17(12-22(21)31-10-9-26-15-5-3-2-4-6-15)23(28-14-27-20)29-16-7-8-19(25)18(24)11-16/h2-8,11-14,26H,9-10H2,1H3,(H,27,28,29). The van der Waals surface area contributed by atoms with E-state index >= 15 is 0 Å². The first-order chi connectivity index (χ1) is 15.1. The molecule has 6 nitrogen and oxygen atoms in total. The Morgan fingerprint density at radius 2 is 1.81 bits per heavy atom. The average molecular weight is 439 g/mol. The third-order valence-electron chi connectivity index (χ3n) is 4.57. The van der Waals surface area contributed by atoms with Gasteiger partial charge in [0.25, 0.3) is 0 Å². The number of anilines is 3. The van der Waals surface area contributed by atoms with E-state index in [9.17, 15) is 4.39 Å². The highest BCUT2D eigenvalue weighted by molar-refractivity contribution is 6.31. The molecule has 0 spiro atoms. The molecule has 4 aromatic rings. The maximum Gasteiger partial charge on any atom is 0.162 e. The smallest absolute Gasteiger partial charge is 0.162 e. The number of hydrogen-bond donors (Lipinski definition) is 2. The predicted molar refractivity (Wildman–Crippen MR) is 121 cm³/mol. The van der Waals surface area contributed by atoms with E-state index in [4.69, 9.17) is 21.1 Å². The summed E-state index contributed by atoms with van der Waals surface area (Å²) in [5.74, 6) is 1.20. The zero-order valence-corrected chi connectivity index (χ0v) is 17.5. The van der Waals surface area contributed by atoms with Crippen LogP contribution in [-0.2, 0) is 0 Å². The summed E-state index contributed by atoms with van der Waals surface area (Å²) in [6.45, 7) is 1.05. The van der Waals surface area contributed by atoms with Crippen molar-refractivity contribution in [2.24, 2.45) is 0 Å². The summed E-state index contributed by atoms with van der Waals surface area (Å²) in [6, 6.07) is 17.9. The number of para-hydroxylation sites is 1. The van der Waals surface area contributed by atoms with E-state index in [0.29, 0.717) is 41.7 Å². The number of hydrogen-bond acceptors (Lipinski definition) is 6. The number of ether oxygens (including phenoxy) is 2. The van der Waals surface area contributed by atoms with Gasteiger partial charge >= 0.3 is 0 Å². The molecule has 0 amide bonds. The lowest BCUT2D eigenvalue weighted by molar-refractivity contribution is 0.306. The first kappa shape index (κ1) is 20.7.